The topological polar surface area (TPSA) is 77.5 Å². The van der Waals surface area contributed by atoms with Gasteiger partial charge in [-0.25, -0.2) is 0 Å². The zero-order valence-corrected chi connectivity index (χ0v) is 16.3. The van der Waals surface area contributed by atoms with E-state index in [1.54, 1.807) is 7.11 Å². The molecule has 0 saturated heterocycles. The fraction of sp³-hybridized carbons (Fsp3) is 0.375. The lowest BCUT2D eigenvalue weighted by Gasteiger charge is -2.07. The molecule has 3 N–H and O–H groups in total. The Balaban J connectivity index is 0.00000264. The molecule has 7 heteroatoms. The van der Waals surface area contributed by atoms with Crippen LogP contribution >= 0.6 is 24.0 Å². The Morgan fingerprint density at radius 2 is 2.13 bits per heavy atom. The maximum absolute atomic E-state index is 5.92. The van der Waals surface area contributed by atoms with Crippen LogP contribution in [0.3, 0.4) is 0 Å². The highest BCUT2D eigenvalue weighted by atomic mass is 127. The van der Waals surface area contributed by atoms with Gasteiger partial charge in [-0.3, -0.25) is 9.67 Å². The zero-order valence-electron chi connectivity index (χ0n) is 14.0. The van der Waals surface area contributed by atoms with E-state index in [0.29, 0.717) is 12.5 Å². The van der Waals surface area contributed by atoms with Crippen molar-refractivity contribution < 1.29 is 4.74 Å². The van der Waals surface area contributed by atoms with Gasteiger partial charge < -0.3 is 15.8 Å². The van der Waals surface area contributed by atoms with E-state index < -0.39 is 0 Å². The van der Waals surface area contributed by atoms with Crippen LogP contribution in [0.2, 0.25) is 0 Å². The largest absolute Gasteiger partial charge is 0.497 e. The quantitative estimate of drug-likeness (QED) is 0.435. The third-order valence-corrected chi connectivity index (χ3v) is 3.64. The van der Waals surface area contributed by atoms with Gasteiger partial charge >= 0.3 is 0 Å². The number of aliphatic imine (C=N–C) groups is 1. The molecule has 0 aliphatic rings. The molecule has 23 heavy (non-hydrogen) atoms. The number of hydrogen-bond acceptors (Lipinski definition) is 3. The second-order valence-electron chi connectivity index (χ2n) is 5.15. The lowest BCUT2D eigenvalue weighted by Crippen LogP contribution is -2.23. The minimum atomic E-state index is 0. The number of hydrogen-bond donors (Lipinski definition) is 2. The molecule has 0 atom stereocenters. The summed E-state index contributed by atoms with van der Waals surface area (Å²) >= 11 is 0. The molecule has 0 spiro atoms. The Morgan fingerprint density at radius 3 is 2.74 bits per heavy atom. The van der Waals surface area contributed by atoms with Gasteiger partial charge in [0.15, 0.2) is 5.96 Å². The van der Waals surface area contributed by atoms with E-state index in [-0.39, 0.29) is 24.0 Å². The average Bonchev–Trinajstić information content (AvgIpc) is 2.73. The van der Waals surface area contributed by atoms with Crippen LogP contribution in [0.25, 0.3) is 0 Å². The number of halogens is 1. The molecule has 126 valence electrons. The minimum Gasteiger partial charge on any atom is -0.497 e. The molecule has 1 aromatic heterocycles. The Morgan fingerprint density at radius 1 is 1.39 bits per heavy atom. The lowest BCUT2D eigenvalue weighted by molar-refractivity contribution is 0.415. The number of rotatable bonds is 5. The summed E-state index contributed by atoms with van der Waals surface area (Å²) in [6.07, 6.45) is 0.825. The average molecular weight is 429 g/mol. The van der Waals surface area contributed by atoms with E-state index in [9.17, 15) is 0 Å². The monoisotopic (exact) mass is 429 g/mol. The second-order valence-corrected chi connectivity index (χ2v) is 5.15. The number of aromatic nitrogens is 2. The SMILES string of the molecule is COc1cccc(NC(N)=NCCc2c(C)nn(C)c2C)c1.I. The first-order chi connectivity index (χ1) is 10.5. The van der Waals surface area contributed by atoms with Gasteiger partial charge in [0.25, 0.3) is 0 Å². The first kappa shape index (κ1) is 19.3. The van der Waals surface area contributed by atoms with Crippen molar-refractivity contribution in [1.82, 2.24) is 9.78 Å². The van der Waals surface area contributed by atoms with Crippen LogP contribution < -0.4 is 15.8 Å². The van der Waals surface area contributed by atoms with Gasteiger partial charge in [0.2, 0.25) is 0 Å². The minimum absolute atomic E-state index is 0. The number of nitrogens with zero attached hydrogens (tertiary/aromatic N) is 3. The number of aryl methyl sites for hydroxylation is 2. The fourth-order valence-corrected chi connectivity index (χ4v) is 2.36. The van der Waals surface area contributed by atoms with Crippen LogP contribution in [-0.4, -0.2) is 29.4 Å². The van der Waals surface area contributed by atoms with E-state index in [1.807, 2.05) is 42.9 Å². The summed E-state index contributed by atoms with van der Waals surface area (Å²) in [5, 5.41) is 7.47. The molecule has 0 aliphatic heterocycles. The van der Waals surface area contributed by atoms with Gasteiger partial charge in [0, 0.05) is 31.0 Å². The van der Waals surface area contributed by atoms with E-state index in [2.05, 4.69) is 22.3 Å². The zero-order chi connectivity index (χ0) is 16.1. The summed E-state index contributed by atoms with van der Waals surface area (Å²) in [6, 6.07) is 7.57. The third-order valence-electron chi connectivity index (χ3n) is 3.64. The number of benzene rings is 1. The fourth-order valence-electron chi connectivity index (χ4n) is 2.36. The second kappa shape index (κ2) is 8.76. The first-order valence-corrected chi connectivity index (χ1v) is 7.21. The number of nitrogens with one attached hydrogen (secondary N) is 1. The molecule has 0 bridgehead atoms. The van der Waals surface area contributed by atoms with Crippen molar-refractivity contribution in [3.63, 3.8) is 0 Å². The van der Waals surface area contributed by atoms with Crippen LogP contribution in [0, 0.1) is 13.8 Å². The molecule has 0 aliphatic carbocycles. The summed E-state index contributed by atoms with van der Waals surface area (Å²) in [5.74, 6) is 1.17. The molecular formula is C16H24IN5O. The Kier molecular flexibility index (Phi) is 7.34. The van der Waals surface area contributed by atoms with Crippen molar-refractivity contribution in [2.75, 3.05) is 19.0 Å². The molecule has 0 fully saturated rings. The van der Waals surface area contributed by atoms with Crippen molar-refractivity contribution in [2.24, 2.45) is 17.8 Å². The molecule has 2 rings (SSSR count). The Labute approximate surface area is 154 Å². The molecule has 2 aromatic rings. The van der Waals surface area contributed by atoms with Gasteiger partial charge in [-0.2, -0.15) is 5.10 Å². The standard InChI is InChI=1S/C16H23N5O.HI/c1-11-15(12(2)21(3)20-11)8-9-18-16(17)19-13-6-5-7-14(10-13)22-4;/h5-7,10H,8-9H2,1-4H3,(H3,17,18,19);1H. The number of anilines is 1. The maximum Gasteiger partial charge on any atom is 0.193 e. The molecule has 0 amide bonds. The van der Waals surface area contributed by atoms with Crippen LogP contribution in [0.1, 0.15) is 17.0 Å². The van der Waals surface area contributed by atoms with Crippen LogP contribution in [0.15, 0.2) is 29.3 Å². The van der Waals surface area contributed by atoms with Crippen LogP contribution in [0.5, 0.6) is 5.75 Å². The summed E-state index contributed by atoms with van der Waals surface area (Å²) in [7, 11) is 3.59. The van der Waals surface area contributed by atoms with Gasteiger partial charge in [-0.15, -0.1) is 24.0 Å². The molecule has 1 aromatic carbocycles. The van der Waals surface area contributed by atoms with Gasteiger partial charge in [0.1, 0.15) is 5.75 Å². The highest BCUT2D eigenvalue weighted by Crippen LogP contribution is 2.16. The molecule has 0 radical (unpaired) electrons. The molecular weight excluding hydrogens is 405 g/mol. The normalized spacial score (nSPS) is 11.0. The Bertz CT molecular complexity index is 681. The predicted octanol–water partition coefficient (Wildman–Crippen LogP) is 2.63. The van der Waals surface area contributed by atoms with Crippen molar-refractivity contribution in [1.29, 1.82) is 0 Å². The Hall–Kier alpha value is -1.77. The summed E-state index contributed by atoms with van der Waals surface area (Å²) in [6.45, 7) is 4.71. The van der Waals surface area contributed by atoms with Crippen molar-refractivity contribution >= 4 is 35.6 Å². The van der Waals surface area contributed by atoms with E-state index in [1.165, 1.54) is 11.3 Å². The first-order valence-electron chi connectivity index (χ1n) is 7.21. The number of methoxy groups -OCH3 is 1. The van der Waals surface area contributed by atoms with E-state index in [0.717, 1.165) is 23.6 Å². The van der Waals surface area contributed by atoms with Crippen LogP contribution in [-0.2, 0) is 13.5 Å². The summed E-state index contributed by atoms with van der Waals surface area (Å²) in [5.41, 5.74) is 10.2. The molecule has 0 saturated carbocycles. The number of nitrogens with two attached hydrogens (primary N) is 1. The molecule has 6 nitrogen and oxygen atoms in total. The predicted molar refractivity (Wildman–Crippen MR) is 105 cm³/mol. The van der Waals surface area contributed by atoms with Gasteiger partial charge in [-0.05, 0) is 38.0 Å². The van der Waals surface area contributed by atoms with Gasteiger partial charge in [0.05, 0.1) is 12.8 Å². The van der Waals surface area contributed by atoms with Gasteiger partial charge in [-0.1, -0.05) is 6.07 Å². The van der Waals surface area contributed by atoms with E-state index >= 15 is 0 Å². The van der Waals surface area contributed by atoms with E-state index in [4.69, 9.17) is 10.5 Å². The third kappa shape index (κ3) is 5.12. The smallest absolute Gasteiger partial charge is 0.193 e. The van der Waals surface area contributed by atoms with Crippen LogP contribution in [0.4, 0.5) is 5.69 Å². The van der Waals surface area contributed by atoms with Crippen molar-refractivity contribution in [2.45, 2.75) is 20.3 Å². The number of ether oxygens (including phenoxy) is 1. The summed E-state index contributed by atoms with van der Waals surface area (Å²) < 4.78 is 7.07. The van der Waals surface area contributed by atoms with Crippen molar-refractivity contribution in [3.8, 4) is 5.75 Å². The molecule has 1 heterocycles. The highest BCUT2D eigenvalue weighted by molar-refractivity contribution is 14.0. The number of guanidine groups is 1. The summed E-state index contributed by atoms with van der Waals surface area (Å²) in [4.78, 5) is 4.37. The lowest BCUT2D eigenvalue weighted by atomic mass is 10.1. The highest BCUT2D eigenvalue weighted by Gasteiger charge is 2.08. The van der Waals surface area contributed by atoms with Crippen molar-refractivity contribution in [3.05, 3.63) is 41.2 Å². The molecule has 0 unspecified atom stereocenters. The maximum atomic E-state index is 5.92.